The van der Waals surface area contributed by atoms with Crippen molar-refractivity contribution in [2.24, 2.45) is 0 Å². The Kier molecular flexibility index (Phi) is 15.5. The van der Waals surface area contributed by atoms with E-state index in [4.69, 9.17) is 9.47 Å². The number of allylic oxidation sites excluding steroid dienone is 4. The molecular formula is C24H42O7. The van der Waals surface area contributed by atoms with Gasteiger partial charge < -0.3 is 29.9 Å². The highest BCUT2D eigenvalue weighted by Crippen LogP contribution is 2.20. The van der Waals surface area contributed by atoms with Gasteiger partial charge in [-0.3, -0.25) is 4.79 Å². The first-order chi connectivity index (χ1) is 15.0. The van der Waals surface area contributed by atoms with Crippen LogP contribution in [0.2, 0.25) is 0 Å². The number of aliphatic hydroxyl groups excluding tert-OH is 4. The summed E-state index contributed by atoms with van der Waals surface area (Å²) in [5.41, 5.74) is 0. The molecule has 0 aromatic heterocycles. The van der Waals surface area contributed by atoms with E-state index in [-0.39, 0.29) is 13.0 Å². The topological polar surface area (TPSA) is 116 Å². The Labute approximate surface area is 186 Å². The number of hydrogen-bond acceptors (Lipinski definition) is 7. The maximum absolute atomic E-state index is 11.8. The molecule has 0 bridgehead atoms. The van der Waals surface area contributed by atoms with E-state index >= 15 is 0 Å². The second kappa shape index (κ2) is 17.3. The Morgan fingerprint density at radius 3 is 2.10 bits per heavy atom. The molecule has 5 atom stereocenters. The van der Waals surface area contributed by atoms with Crippen molar-refractivity contribution in [3.05, 3.63) is 24.3 Å². The Morgan fingerprint density at radius 1 is 0.806 bits per heavy atom. The van der Waals surface area contributed by atoms with Crippen LogP contribution in [0.1, 0.15) is 84.0 Å². The summed E-state index contributed by atoms with van der Waals surface area (Å²) in [5.74, 6) is -0.406. The maximum atomic E-state index is 11.8. The van der Waals surface area contributed by atoms with Crippen LogP contribution >= 0.6 is 0 Å². The molecule has 1 fully saturated rings. The molecule has 0 aliphatic carbocycles. The smallest absolute Gasteiger partial charge is 0.305 e. The van der Waals surface area contributed by atoms with Crippen LogP contribution in [0, 0.1) is 0 Å². The highest BCUT2D eigenvalue weighted by molar-refractivity contribution is 5.69. The number of esters is 1. The predicted octanol–water partition coefficient (Wildman–Crippen LogP) is 3.14. The quantitative estimate of drug-likeness (QED) is 0.165. The zero-order valence-corrected chi connectivity index (χ0v) is 18.9. The summed E-state index contributed by atoms with van der Waals surface area (Å²) in [4.78, 5) is 11.8. The second-order valence-electron chi connectivity index (χ2n) is 8.20. The van der Waals surface area contributed by atoms with Gasteiger partial charge in [-0.2, -0.15) is 0 Å². The molecule has 1 rings (SSSR count). The van der Waals surface area contributed by atoms with Crippen LogP contribution in [0.4, 0.5) is 0 Å². The Hall–Kier alpha value is -1.25. The van der Waals surface area contributed by atoms with Gasteiger partial charge in [0.1, 0.15) is 31.0 Å². The van der Waals surface area contributed by atoms with Crippen LogP contribution in [0.15, 0.2) is 24.3 Å². The number of carbonyl (C=O) groups is 1. The minimum Gasteiger partial charge on any atom is -0.463 e. The summed E-state index contributed by atoms with van der Waals surface area (Å²) in [6, 6.07) is 0. The summed E-state index contributed by atoms with van der Waals surface area (Å²) in [6.07, 6.45) is 14.2. The van der Waals surface area contributed by atoms with E-state index in [1.165, 1.54) is 25.7 Å². The third-order valence-corrected chi connectivity index (χ3v) is 5.43. The third-order valence-electron chi connectivity index (χ3n) is 5.43. The molecule has 0 radical (unpaired) electrons. The van der Waals surface area contributed by atoms with E-state index in [0.717, 1.165) is 44.9 Å². The summed E-state index contributed by atoms with van der Waals surface area (Å²) in [7, 11) is 0. The molecule has 7 nitrogen and oxygen atoms in total. The zero-order valence-electron chi connectivity index (χ0n) is 18.9. The fourth-order valence-electron chi connectivity index (χ4n) is 3.40. The summed E-state index contributed by atoms with van der Waals surface area (Å²) in [5, 5.41) is 38.3. The van der Waals surface area contributed by atoms with Gasteiger partial charge in [0.05, 0.1) is 0 Å². The first kappa shape index (κ1) is 27.8. The highest BCUT2D eigenvalue weighted by atomic mass is 16.6. The molecule has 4 N–H and O–H groups in total. The molecule has 1 heterocycles. The maximum Gasteiger partial charge on any atom is 0.305 e. The number of hydrogen-bond donors (Lipinski definition) is 4. The van der Waals surface area contributed by atoms with Crippen molar-refractivity contribution in [2.75, 3.05) is 6.61 Å². The van der Waals surface area contributed by atoms with Gasteiger partial charge in [0.2, 0.25) is 0 Å². The number of unbranched alkanes of at least 4 members (excludes halogenated alkanes) is 8. The molecule has 1 saturated heterocycles. The normalized spacial score (nSPS) is 26.7. The van der Waals surface area contributed by atoms with Crippen LogP contribution in [0.3, 0.4) is 0 Å². The lowest BCUT2D eigenvalue weighted by molar-refractivity contribution is -0.287. The minimum atomic E-state index is -1.62. The van der Waals surface area contributed by atoms with Crippen molar-refractivity contribution in [1.29, 1.82) is 0 Å². The van der Waals surface area contributed by atoms with E-state index < -0.39 is 36.7 Å². The first-order valence-electron chi connectivity index (χ1n) is 11.8. The van der Waals surface area contributed by atoms with E-state index in [0.29, 0.717) is 0 Å². The van der Waals surface area contributed by atoms with E-state index in [2.05, 4.69) is 31.2 Å². The van der Waals surface area contributed by atoms with Crippen molar-refractivity contribution in [3.8, 4) is 0 Å². The zero-order chi connectivity index (χ0) is 22.9. The van der Waals surface area contributed by atoms with E-state index in [9.17, 15) is 25.2 Å². The highest BCUT2D eigenvalue weighted by Gasteiger charge is 2.43. The van der Waals surface area contributed by atoms with E-state index in [1.54, 1.807) is 0 Å². The van der Waals surface area contributed by atoms with Gasteiger partial charge in [0.15, 0.2) is 6.29 Å². The van der Waals surface area contributed by atoms with Crippen molar-refractivity contribution >= 4 is 5.97 Å². The molecule has 0 saturated carbocycles. The van der Waals surface area contributed by atoms with Crippen LogP contribution in [0.25, 0.3) is 0 Å². The van der Waals surface area contributed by atoms with Crippen molar-refractivity contribution < 1.29 is 34.7 Å². The average molecular weight is 443 g/mol. The monoisotopic (exact) mass is 442 g/mol. The lowest BCUT2D eigenvalue weighted by Gasteiger charge is -2.37. The van der Waals surface area contributed by atoms with Crippen molar-refractivity contribution in [1.82, 2.24) is 0 Å². The van der Waals surface area contributed by atoms with Gasteiger partial charge >= 0.3 is 5.97 Å². The third kappa shape index (κ3) is 12.4. The van der Waals surface area contributed by atoms with Crippen molar-refractivity contribution in [2.45, 2.75) is 115 Å². The molecule has 5 unspecified atom stereocenters. The van der Waals surface area contributed by atoms with E-state index in [1.807, 2.05) is 0 Å². The fraction of sp³-hybridized carbons (Fsp3) is 0.792. The van der Waals surface area contributed by atoms with Crippen LogP contribution in [0.5, 0.6) is 0 Å². The van der Waals surface area contributed by atoms with Crippen LogP contribution in [-0.2, 0) is 14.3 Å². The van der Waals surface area contributed by atoms with Gasteiger partial charge in [0.25, 0.3) is 0 Å². The fourth-order valence-corrected chi connectivity index (χ4v) is 3.40. The number of carbonyl (C=O) groups excluding carboxylic acids is 1. The molecule has 31 heavy (non-hydrogen) atoms. The Balaban J connectivity index is 1.96. The number of aliphatic hydroxyl groups is 4. The van der Waals surface area contributed by atoms with Gasteiger partial charge in [-0.05, 0) is 38.5 Å². The van der Waals surface area contributed by atoms with Gasteiger partial charge in [-0.15, -0.1) is 0 Å². The molecular weight excluding hydrogens is 400 g/mol. The van der Waals surface area contributed by atoms with Crippen LogP contribution < -0.4 is 0 Å². The molecule has 7 heteroatoms. The van der Waals surface area contributed by atoms with Gasteiger partial charge in [-0.25, -0.2) is 0 Å². The van der Waals surface area contributed by atoms with Crippen LogP contribution in [-0.4, -0.2) is 63.7 Å². The lowest BCUT2D eigenvalue weighted by Crippen LogP contribution is -2.58. The summed E-state index contributed by atoms with van der Waals surface area (Å²) >= 11 is 0. The summed E-state index contributed by atoms with van der Waals surface area (Å²) in [6.45, 7) is 1.94. The van der Waals surface area contributed by atoms with Crippen molar-refractivity contribution in [3.63, 3.8) is 0 Å². The number of ether oxygens (including phenoxy) is 2. The molecule has 1 aliphatic rings. The molecule has 0 amide bonds. The largest absolute Gasteiger partial charge is 0.463 e. The summed E-state index contributed by atoms with van der Waals surface area (Å²) < 4.78 is 10.0. The molecule has 0 aromatic rings. The molecule has 180 valence electrons. The standard InChI is InChI=1S/C24H42O7/c1-2-3-4-5-6-7-8-9-10-11-12-13-14-15-16-17-20(25)30-18-19-21(26)22(27)23(28)24(29)31-19/h6-7,9-10,19,21-24,26-29H,2-5,8,11-18H2,1H3/b7-6+,10-9+. The predicted molar refractivity (Wildman–Crippen MR) is 119 cm³/mol. The molecule has 0 spiro atoms. The minimum absolute atomic E-state index is 0.277. The average Bonchev–Trinajstić information content (AvgIpc) is 2.76. The van der Waals surface area contributed by atoms with Gasteiger partial charge in [0, 0.05) is 6.42 Å². The van der Waals surface area contributed by atoms with Gasteiger partial charge in [-0.1, -0.05) is 63.3 Å². The first-order valence-corrected chi connectivity index (χ1v) is 11.8. The Morgan fingerprint density at radius 2 is 1.42 bits per heavy atom. The molecule has 1 aliphatic heterocycles. The Bertz CT molecular complexity index is 520. The SMILES string of the molecule is CCCCC/C=C/C/C=C/CCCCCCCC(=O)OCC1OC(O)C(O)C(O)C1O. The second-order valence-corrected chi connectivity index (χ2v) is 8.20. The number of rotatable bonds is 16. The molecule has 0 aromatic carbocycles. The lowest BCUT2D eigenvalue weighted by atomic mass is 9.99.